The number of hydrogen-bond acceptors (Lipinski definition) is 20. The van der Waals surface area contributed by atoms with Gasteiger partial charge >= 0.3 is 68.3 Å². The summed E-state index contributed by atoms with van der Waals surface area (Å²) < 4.78 is 0. The van der Waals surface area contributed by atoms with E-state index in [0.29, 0.717) is 52.4 Å². The zero-order chi connectivity index (χ0) is 60.9. The molecule has 4 aromatic rings. The number of carboxylic acids is 4. The summed E-state index contributed by atoms with van der Waals surface area (Å²) in [6.45, 7) is 18.2. The molecule has 0 fully saturated rings. The minimum Gasteiger partial charge on any atom is -0.854 e. The number of benzene rings is 4. The Morgan fingerprint density at radius 3 is 0.702 bits per heavy atom. The van der Waals surface area contributed by atoms with E-state index in [-0.39, 0.29) is 143 Å². The zero-order valence-corrected chi connectivity index (χ0v) is 53.7. The molecular formula is C60H88Mn4N4O16. The number of carbonyl (C=O) groups is 4. The number of carbonyl (C=O) groups excluding carboxylic acids is 4. The van der Waals surface area contributed by atoms with Gasteiger partial charge in [0.25, 0.3) is 0 Å². The molecule has 472 valence electrons. The van der Waals surface area contributed by atoms with E-state index < -0.39 is 23.9 Å². The maximum absolute atomic E-state index is 10.2. The zero-order valence-electron chi connectivity index (χ0n) is 49.0. The van der Waals surface area contributed by atoms with Crippen molar-refractivity contribution in [1.29, 1.82) is 0 Å². The van der Waals surface area contributed by atoms with Crippen molar-refractivity contribution < 1.29 is 149 Å². The number of aliphatic hydroxyl groups excluding tert-OH is 2. The fourth-order valence-corrected chi connectivity index (χ4v) is 5.95. The molecule has 4 rings (SSSR count). The van der Waals surface area contributed by atoms with Crippen molar-refractivity contribution in [1.82, 2.24) is 19.6 Å². The molecule has 0 bridgehead atoms. The predicted octanol–water partition coefficient (Wildman–Crippen LogP) is -2.99. The first kappa shape index (κ1) is 96.7. The first-order valence-electron chi connectivity index (χ1n) is 27.0. The van der Waals surface area contributed by atoms with E-state index in [0.717, 1.165) is 64.5 Å². The Labute approximate surface area is 542 Å². The third-order valence-electron chi connectivity index (χ3n) is 10.2. The van der Waals surface area contributed by atoms with E-state index >= 15 is 0 Å². The van der Waals surface area contributed by atoms with Crippen molar-refractivity contribution in [3.63, 3.8) is 0 Å². The smallest absolute Gasteiger partial charge is 0.854 e. The summed E-state index contributed by atoms with van der Waals surface area (Å²) in [4.78, 5) is 48.0. The van der Waals surface area contributed by atoms with Crippen molar-refractivity contribution in [2.45, 2.75) is 79.1 Å². The molecule has 2 N–H and O–H groups in total. The second-order valence-corrected chi connectivity index (χ2v) is 16.7. The van der Waals surface area contributed by atoms with Crippen LogP contribution in [0, 0.1) is 13.1 Å². The van der Waals surface area contributed by atoms with Crippen LogP contribution in [0.3, 0.4) is 0 Å². The van der Waals surface area contributed by atoms with Crippen LogP contribution in [0.4, 0.5) is 0 Å². The Balaban J connectivity index is -0.000000130. The first-order valence-corrected chi connectivity index (χ1v) is 27.0. The van der Waals surface area contributed by atoms with Gasteiger partial charge in [0.05, 0.1) is 37.1 Å². The number of carboxylic acid groups (broad SMARTS) is 4. The van der Waals surface area contributed by atoms with Gasteiger partial charge in [-0.3, -0.25) is 13.1 Å². The first-order chi connectivity index (χ1) is 38.6. The van der Waals surface area contributed by atoms with Gasteiger partial charge in [-0.15, -0.1) is 39.6 Å². The van der Waals surface area contributed by atoms with Gasteiger partial charge < -0.3 is 100 Å². The van der Waals surface area contributed by atoms with Gasteiger partial charge in [0, 0.05) is 0 Å². The Morgan fingerprint density at radius 1 is 0.345 bits per heavy atom. The van der Waals surface area contributed by atoms with Gasteiger partial charge in [0.1, 0.15) is 0 Å². The number of unbranched alkanes of at least 4 members (excludes halogenated alkanes) is 4. The topological polar surface area (TPSA) is 352 Å². The molecule has 4 aromatic carbocycles. The standard InChI is InChI=1S/4C8H17NO2.4C7H6O2.4Mn/c4*1-2-3-4-9(5-7-10)6-8-11;4*8-7(9)6-4-2-1-3-5-6;;;;/h2*2-8H2,1H3;2*4,10H,2-3,5-8H2,1H3;4*1-5H,(H,8,9);;;;/q4*-2;;;;;4*+3/p-4. The van der Waals surface area contributed by atoms with Crippen LogP contribution in [0.15, 0.2) is 121 Å². The van der Waals surface area contributed by atoms with E-state index in [1.165, 1.54) is 48.5 Å². The summed E-state index contributed by atoms with van der Waals surface area (Å²) in [6.07, 6.45) is 8.55. The Kier molecular flexibility index (Phi) is 86.8. The Bertz CT molecular complexity index is 1650. The molecule has 24 heteroatoms. The summed E-state index contributed by atoms with van der Waals surface area (Å²) in [5, 5.41) is 119. The molecule has 0 aromatic heterocycles. The summed E-state index contributed by atoms with van der Waals surface area (Å²) in [5.41, 5.74) is 0.880. The molecule has 84 heavy (non-hydrogen) atoms. The normalized spacial score (nSPS) is 9.52. The van der Waals surface area contributed by atoms with Crippen LogP contribution in [0.5, 0.6) is 0 Å². The van der Waals surface area contributed by atoms with Crippen LogP contribution in [-0.4, -0.2) is 172 Å². The summed E-state index contributed by atoms with van der Waals surface area (Å²) in [5.74, 6) is -4.52. The number of aromatic carboxylic acids is 4. The van der Waals surface area contributed by atoms with Gasteiger partial charge in [-0.1, -0.05) is 175 Å². The van der Waals surface area contributed by atoms with Crippen LogP contribution in [-0.2, 0) is 68.3 Å². The van der Waals surface area contributed by atoms with Gasteiger partial charge in [-0.05, 0) is 101 Å². The van der Waals surface area contributed by atoms with Gasteiger partial charge in [0.15, 0.2) is 0 Å². The average molecular weight is 1340 g/mol. The summed E-state index contributed by atoms with van der Waals surface area (Å²) in [6, 6.07) is 32.3. The van der Waals surface area contributed by atoms with Crippen molar-refractivity contribution in [2.75, 3.05) is 118 Å². The molecule has 0 heterocycles. The molecule has 0 amide bonds. The third kappa shape index (κ3) is 65.9. The maximum Gasteiger partial charge on any atom is 3.00 e. The molecule has 0 aliphatic carbocycles. The second-order valence-electron chi connectivity index (χ2n) is 16.7. The molecule has 0 saturated carbocycles. The molecule has 0 spiro atoms. The fraction of sp³-hybridized carbons (Fsp3) is 0.500. The van der Waals surface area contributed by atoms with Crippen molar-refractivity contribution >= 4 is 23.9 Å². The van der Waals surface area contributed by atoms with E-state index in [4.69, 9.17) is 10.2 Å². The Hall–Kier alpha value is -3.64. The number of hydrogen-bond donors (Lipinski definition) is 2. The second kappa shape index (κ2) is 75.5. The van der Waals surface area contributed by atoms with Crippen LogP contribution in [0.25, 0.3) is 0 Å². The molecule has 0 aliphatic rings. The molecule has 0 radical (unpaired) electrons. The van der Waals surface area contributed by atoms with Gasteiger partial charge in [-0.2, -0.15) is 12.8 Å². The van der Waals surface area contributed by atoms with Gasteiger partial charge in [0.2, 0.25) is 0 Å². The molecule has 20 nitrogen and oxygen atoms in total. The van der Waals surface area contributed by atoms with Crippen LogP contribution < -0.4 is 51.1 Å². The molecule has 0 atom stereocenters. The van der Waals surface area contributed by atoms with E-state index in [1.54, 1.807) is 72.8 Å². The number of nitrogens with zero attached hydrogens (tertiary/aromatic N) is 4. The number of aliphatic hydroxyl groups is 2. The van der Waals surface area contributed by atoms with Crippen LogP contribution >= 0.6 is 0 Å². The third-order valence-corrected chi connectivity index (χ3v) is 10.2. The minimum atomic E-state index is -1.13. The summed E-state index contributed by atoms with van der Waals surface area (Å²) >= 11 is 0. The average Bonchev–Trinajstić information content (AvgIpc) is 3.47. The van der Waals surface area contributed by atoms with Crippen molar-refractivity contribution in [3.8, 4) is 0 Å². The quantitative estimate of drug-likeness (QED) is 0.0364. The molecular weight excluding hydrogens is 1250 g/mol. The molecule has 0 unspecified atom stereocenters. The van der Waals surface area contributed by atoms with E-state index in [9.17, 15) is 70.2 Å². The van der Waals surface area contributed by atoms with E-state index in [1.807, 2.05) is 32.7 Å². The fourth-order valence-electron chi connectivity index (χ4n) is 5.95. The van der Waals surface area contributed by atoms with Crippen molar-refractivity contribution in [2.24, 2.45) is 0 Å². The van der Waals surface area contributed by atoms with Crippen molar-refractivity contribution in [3.05, 3.63) is 157 Å². The maximum atomic E-state index is 10.2. The summed E-state index contributed by atoms with van der Waals surface area (Å²) in [7, 11) is 0. The minimum absolute atomic E-state index is 0. The SMILES string of the molecule is CCCCN(CC[O-])CC[O-].CCCCN(CC[O-])CC[O-].CCC[CH-]N(CC[O-])CCO.CCC[CH-]N(CC[O-])CCO.O=C([O-])c1ccccc1.O=C([O-])c1ccccc1.O=C([O-])c1ccccc1.O=C([O-])c1ccccc1.[Mn+3].[Mn+3].[Mn+3].[Mn+3]. The monoisotopic (exact) mass is 1340 g/mol. The molecule has 0 saturated heterocycles. The Morgan fingerprint density at radius 2 is 0.560 bits per heavy atom. The van der Waals surface area contributed by atoms with Crippen LogP contribution in [0.2, 0.25) is 0 Å². The molecule has 0 aliphatic heterocycles. The predicted molar refractivity (Wildman–Crippen MR) is 291 cm³/mol. The van der Waals surface area contributed by atoms with Gasteiger partial charge in [-0.25, -0.2) is 0 Å². The van der Waals surface area contributed by atoms with E-state index in [2.05, 4.69) is 27.7 Å². The largest absolute Gasteiger partial charge is 3.00 e. The number of rotatable bonds is 32. The van der Waals surface area contributed by atoms with Crippen LogP contribution in [0.1, 0.15) is 120 Å².